The van der Waals surface area contributed by atoms with Crippen molar-refractivity contribution < 1.29 is 4.74 Å². The first-order chi connectivity index (χ1) is 7.59. The third-order valence-corrected chi connectivity index (χ3v) is 3.68. The van der Waals surface area contributed by atoms with Crippen molar-refractivity contribution in [3.8, 4) is 0 Å². The lowest BCUT2D eigenvalue weighted by atomic mass is 9.94. The molecule has 0 bridgehead atoms. The van der Waals surface area contributed by atoms with Crippen LogP contribution in [0.5, 0.6) is 0 Å². The van der Waals surface area contributed by atoms with Gasteiger partial charge in [-0.3, -0.25) is 0 Å². The van der Waals surface area contributed by atoms with Crippen molar-refractivity contribution in [2.75, 3.05) is 6.61 Å². The molecule has 1 aliphatic heterocycles. The van der Waals surface area contributed by atoms with Crippen LogP contribution >= 0.6 is 11.6 Å². The van der Waals surface area contributed by atoms with Crippen LogP contribution in [0.4, 0.5) is 0 Å². The van der Waals surface area contributed by atoms with E-state index in [9.17, 15) is 0 Å². The molecule has 2 unspecified atom stereocenters. The van der Waals surface area contributed by atoms with Crippen LogP contribution in [0, 0.1) is 13.8 Å². The molecule has 2 rings (SSSR count). The number of aryl methyl sites for hydroxylation is 2. The van der Waals surface area contributed by atoms with Crippen molar-refractivity contribution in [3.05, 3.63) is 33.8 Å². The van der Waals surface area contributed by atoms with Gasteiger partial charge in [0.2, 0.25) is 0 Å². The number of hydrogen-bond donors (Lipinski definition) is 1. The Bertz CT molecular complexity index is 386. The van der Waals surface area contributed by atoms with E-state index in [1.165, 1.54) is 0 Å². The van der Waals surface area contributed by atoms with Crippen molar-refractivity contribution in [3.63, 3.8) is 0 Å². The van der Waals surface area contributed by atoms with Gasteiger partial charge in [-0.15, -0.1) is 0 Å². The molecule has 1 heterocycles. The maximum atomic E-state index is 6.25. The van der Waals surface area contributed by atoms with Crippen molar-refractivity contribution in [1.82, 2.24) is 0 Å². The van der Waals surface area contributed by atoms with Crippen molar-refractivity contribution in [2.45, 2.75) is 38.8 Å². The lowest BCUT2D eigenvalue weighted by Gasteiger charge is -2.21. The summed E-state index contributed by atoms with van der Waals surface area (Å²) < 4.78 is 5.64. The zero-order valence-corrected chi connectivity index (χ0v) is 10.6. The van der Waals surface area contributed by atoms with E-state index in [0.29, 0.717) is 0 Å². The second kappa shape index (κ2) is 4.74. The van der Waals surface area contributed by atoms with Crippen LogP contribution in [-0.4, -0.2) is 12.7 Å². The summed E-state index contributed by atoms with van der Waals surface area (Å²) in [5, 5.41) is 0.806. The summed E-state index contributed by atoms with van der Waals surface area (Å²) >= 11 is 6.08. The molecule has 0 aliphatic carbocycles. The summed E-state index contributed by atoms with van der Waals surface area (Å²) in [7, 11) is 0. The number of benzene rings is 1. The molecular formula is C13H18ClNO. The Labute approximate surface area is 102 Å². The predicted molar refractivity (Wildman–Crippen MR) is 66.8 cm³/mol. The van der Waals surface area contributed by atoms with Gasteiger partial charge in [0.15, 0.2) is 0 Å². The number of hydrogen-bond acceptors (Lipinski definition) is 2. The normalized spacial score (nSPS) is 22.4. The van der Waals surface area contributed by atoms with Gasteiger partial charge in [0.05, 0.1) is 12.1 Å². The van der Waals surface area contributed by atoms with Crippen LogP contribution in [0.2, 0.25) is 5.02 Å². The van der Waals surface area contributed by atoms with Gasteiger partial charge in [0, 0.05) is 11.6 Å². The van der Waals surface area contributed by atoms with E-state index in [1.807, 2.05) is 13.0 Å². The molecule has 1 aliphatic rings. The maximum Gasteiger partial charge on any atom is 0.0768 e. The van der Waals surface area contributed by atoms with Crippen molar-refractivity contribution in [2.24, 2.45) is 5.73 Å². The fourth-order valence-corrected chi connectivity index (χ4v) is 2.47. The Morgan fingerprint density at radius 2 is 2.12 bits per heavy atom. The van der Waals surface area contributed by atoms with Gasteiger partial charge >= 0.3 is 0 Å². The minimum atomic E-state index is -0.0292. The van der Waals surface area contributed by atoms with E-state index >= 15 is 0 Å². The SMILES string of the molecule is Cc1cc(C(N)C2CCCO2)c(C)cc1Cl. The summed E-state index contributed by atoms with van der Waals surface area (Å²) in [5.74, 6) is 0. The van der Waals surface area contributed by atoms with Crippen LogP contribution in [0.3, 0.4) is 0 Å². The first-order valence-corrected chi connectivity index (χ1v) is 6.11. The highest BCUT2D eigenvalue weighted by atomic mass is 35.5. The minimum Gasteiger partial charge on any atom is -0.376 e. The minimum absolute atomic E-state index is 0.0292. The van der Waals surface area contributed by atoms with Crippen molar-refractivity contribution in [1.29, 1.82) is 0 Å². The first kappa shape index (κ1) is 11.9. The van der Waals surface area contributed by atoms with Crippen molar-refractivity contribution >= 4 is 11.6 Å². The van der Waals surface area contributed by atoms with Gasteiger partial charge in [-0.05, 0) is 49.4 Å². The molecule has 0 saturated carbocycles. The highest BCUT2D eigenvalue weighted by Crippen LogP contribution is 2.29. The number of halogens is 1. The van der Waals surface area contributed by atoms with Crippen LogP contribution in [0.25, 0.3) is 0 Å². The fourth-order valence-electron chi connectivity index (χ4n) is 2.25. The van der Waals surface area contributed by atoms with Gasteiger partial charge in [-0.2, -0.15) is 0 Å². The topological polar surface area (TPSA) is 35.2 Å². The van der Waals surface area contributed by atoms with Crippen LogP contribution < -0.4 is 5.73 Å². The van der Waals surface area contributed by atoms with Gasteiger partial charge < -0.3 is 10.5 Å². The maximum absolute atomic E-state index is 6.25. The highest BCUT2D eigenvalue weighted by molar-refractivity contribution is 6.31. The molecule has 1 aromatic rings. The third kappa shape index (κ3) is 2.24. The molecule has 2 atom stereocenters. The quantitative estimate of drug-likeness (QED) is 0.861. The molecule has 16 heavy (non-hydrogen) atoms. The molecule has 1 aromatic carbocycles. The number of nitrogens with two attached hydrogens (primary N) is 1. The summed E-state index contributed by atoms with van der Waals surface area (Å²) in [4.78, 5) is 0. The van der Waals surface area contributed by atoms with Crippen LogP contribution in [0.1, 0.15) is 35.6 Å². The Hall–Kier alpha value is -0.570. The van der Waals surface area contributed by atoms with Gasteiger partial charge in [0.1, 0.15) is 0 Å². The second-order valence-electron chi connectivity index (χ2n) is 4.54. The monoisotopic (exact) mass is 239 g/mol. The van der Waals surface area contributed by atoms with Gasteiger partial charge in [-0.1, -0.05) is 17.7 Å². The average molecular weight is 240 g/mol. The Kier molecular flexibility index (Phi) is 3.53. The third-order valence-electron chi connectivity index (χ3n) is 3.27. The highest BCUT2D eigenvalue weighted by Gasteiger charge is 2.25. The summed E-state index contributed by atoms with van der Waals surface area (Å²) in [6, 6.07) is 4.05. The summed E-state index contributed by atoms with van der Waals surface area (Å²) in [5.41, 5.74) is 9.64. The molecule has 3 heteroatoms. The zero-order chi connectivity index (χ0) is 11.7. The van der Waals surface area contributed by atoms with E-state index in [0.717, 1.165) is 41.2 Å². The van der Waals surface area contributed by atoms with E-state index in [1.54, 1.807) is 0 Å². The molecule has 1 saturated heterocycles. The molecule has 0 amide bonds. The molecule has 2 nitrogen and oxygen atoms in total. The summed E-state index contributed by atoms with van der Waals surface area (Å²) in [6.45, 7) is 4.90. The van der Waals surface area contributed by atoms with E-state index < -0.39 is 0 Å². The van der Waals surface area contributed by atoms with Crippen LogP contribution in [0.15, 0.2) is 12.1 Å². The predicted octanol–water partition coefficient (Wildman–Crippen LogP) is 3.14. The Morgan fingerprint density at radius 3 is 2.75 bits per heavy atom. The molecule has 2 N–H and O–H groups in total. The number of ether oxygens (including phenoxy) is 1. The number of rotatable bonds is 2. The van der Waals surface area contributed by atoms with E-state index in [4.69, 9.17) is 22.1 Å². The molecule has 0 radical (unpaired) electrons. The smallest absolute Gasteiger partial charge is 0.0768 e. The molecule has 1 fully saturated rings. The Balaban J connectivity index is 2.28. The lowest BCUT2D eigenvalue weighted by Crippen LogP contribution is -2.26. The molecule has 0 spiro atoms. The fraction of sp³-hybridized carbons (Fsp3) is 0.538. The Morgan fingerprint density at radius 1 is 1.38 bits per heavy atom. The molecule has 88 valence electrons. The van der Waals surface area contributed by atoms with E-state index in [-0.39, 0.29) is 12.1 Å². The zero-order valence-electron chi connectivity index (χ0n) is 9.79. The average Bonchev–Trinajstić information content (AvgIpc) is 2.75. The molecule has 0 aromatic heterocycles. The lowest BCUT2D eigenvalue weighted by molar-refractivity contribution is 0.0898. The first-order valence-electron chi connectivity index (χ1n) is 5.73. The second-order valence-corrected chi connectivity index (χ2v) is 4.94. The molecular weight excluding hydrogens is 222 g/mol. The van der Waals surface area contributed by atoms with E-state index in [2.05, 4.69) is 13.0 Å². The van der Waals surface area contributed by atoms with Crippen LogP contribution in [-0.2, 0) is 4.74 Å². The summed E-state index contributed by atoms with van der Waals surface area (Å²) in [6.07, 6.45) is 2.34. The van der Waals surface area contributed by atoms with Gasteiger partial charge in [0.25, 0.3) is 0 Å². The standard InChI is InChI=1S/C13H18ClNO/c1-8-7-11(14)9(2)6-10(8)13(15)12-4-3-5-16-12/h6-7,12-13H,3-5,15H2,1-2H3. The largest absolute Gasteiger partial charge is 0.376 e. The van der Waals surface area contributed by atoms with Gasteiger partial charge in [-0.25, -0.2) is 0 Å².